The molecule has 6 heteroatoms. The number of nitrogens with zero attached hydrogens (tertiary/aromatic N) is 5. The van der Waals surface area contributed by atoms with E-state index in [4.69, 9.17) is 5.10 Å². The third kappa shape index (κ3) is 3.86. The fourth-order valence-corrected chi connectivity index (χ4v) is 3.74. The summed E-state index contributed by atoms with van der Waals surface area (Å²) in [6, 6.07) is 22.3. The van der Waals surface area contributed by atoms with Gasteiger partial charge in [0.25, 0.3) is 0 Å². The van der Waals surface area contributed by atoms with E-state index in [1.165, 1.54) is 5.56 Å². The molecule has 0 saturated carbocycles. The number of anilines is 1. The number of hydrogen-bond acceptors (Lipinski definition) is 5. The summed E-state index contributed by atoms with van der Waals surface area (Å²) < 4.78 is 1.84. The summed E-state index contributed by atoms with van der Waals surface area (Å²) in [6.45, 7) is 7.63. The van der Waals surface area contributed by atoms with Crippen LogP contribution in [0.2, 0.25) is 0 Å². The molecule has 0 aliphatic rings. The highest BCUT2D eigenvalue weighted by atomic mass is 15.4. The van der Waals surface area contributed by atoms with Gasteiger partial charge < -0.3 is 5.32 Å². The summed E-state index contributed by atoms with van der Waals surface area (Å²) in [5.41, 5.74) is 6.54. The largest absolute Gasteiger partial charge is 0.356 e. The van der Waals surface area contributed by atoms with Crippen molar-refractivity contribution in [1.82, 2.24) is 24.8 Å². The molecule has 3 aromatic heterocycles. The van der Waals surface area contributed by atoms with Crippen LogP contribution in [0, 0.1) is 0 Å². The van der Waals surface area contributed by atoms with Gasteiger partial charge in [-0.25, -0.2) is 0 Å². The van der Waals surface area contributed by atoms with Gasteiger partial charge in [-0.1, -0.05) is 49.6 Å². The summed E-state index contributed by atoms with van der Waals surface area (Å²) in [4.78, 5) is 4.53. The Hall–Kier alpha value is -4.32. The lowest BCUT2D eigenvalue weighted by molar-refractivity contribution is 0.788. The Morgan fingerprint density at radius 1 is 0.969 bits per heavy atom. The molecule has 2 aromatic carbocycles. The maximum Gasteiger partial charge on any atom is 0.177 e. The van der Waals surface area contributed by atoms with Crippen LogP contribution in [0.1, 0.15) is 11.4 Å². The van der Waals surface area contributed by atoms with E-state index in [0.717, 1.165) is 57.9 Å². The van der Waals surface area contributed by atoms with Crippen molar-refractivity contribution >= 4 is 22.2 Å². The van der Waals surface area contributed by atoms with Gasteiger partial charge in [-0.3, -0.25) is 4.98 Å². The summed E-state index contributed by atoms with van der Waals surface area (Å²) in [6.07, 6.45) is 5.06. The number of hydrogen-bond donors (Lipinski definition) is 1. The molecular formula is C26H22N6. The molecule has 0 amide bonds. The van der Waals surface area contributed by atoms with Crippen molar-refractivity contribution in [2.75, 3.05) is 5.32 Å². The first kappa shape index (κ1) is 19.6. The second-order valence-electron chi connectivity index (χ2n) is 7.53. The summed E-state index contributed by atoms with van der Waals surface area (Å²) in [5, 5.41) is 17.8. The van der Waals surface area contributed by atoms with Gasteiger partial charge in [0.15, 0.2) is 11.5 Å². The predicted octanol–water partition coefficient (Wildman–Crippen LogP) is 5.24. The molecule has 32 heavy (non-hydrogen) atoms. The first-order valence-corrected chi connectivity index (χ1v) is 10.4. The molecule has 156 valence electrons. The molecule has 0 fully saturated rings. The molecule has 0 saturated heterocycles. The third-order valence-electron chi connectivity index (χ3n) is 5.40. The fourth-order valence-electron chi connectivity index (χ4n) is 3.74. The van der Waals surface area contributed by atoms with Crippen molar-refractivity contribution in [3.8, 4) is 11.3 Å². The van der Waals surface area contributed by atoms with Crippen molar-refractivity contribution in [2.24, 2.45) is 0 Å². The van der Waals surface area contributed by atoms with Gasteiger partial charge in [0, 0.05) is 35.0 Å². The third-order valence-corrected chi connectivity index (χ3v) is 5.40. The minimum Gasteiger partial charge on any atom is -0.356 e. The lowest BCUT2D eigenvalue weighted by Crippen LogP contribution is -2.03. The lowest BCUT2D eigenvalue weighted by Gasteiger charge is -2.09. The van der Waals surface area contributed by atoms with E-state index in [1.807, 2.05) is 53.2 Å². The molecule has 0 unspecified atom stereocenters. The van der Waals surface area contributed by atoms with Crippen LogP contribution < -0.4 is 5.32 Å². The minimum absolute atomic E-state index is 0.721. The molecule has 5 aromatic rings. The van der Waals surface area contributed by atoms with Crippen molar-refractivity contribution in [3.63, 3.8) is 0 Å². The quantitative estimate of drug-likeness (QED) is 0.366. The van der Waals surface area contributed by atoms with Gasteiger partial charge in [-0.2, -0.15) is 9.61 Å². The number of allylic oxidation sites excluding steroid dienone is 1. The molecule has 1 N–H and O–H groups in total. The maximum absolute atomic E-state index is 4.78. The van der Waals surface area contributed by atoms with Crippen LogP contribution >= 0.6 is 0 Å². The summed E-state index contributed by atoms with van der Waals surface area (Å²) in [5.74, 6) is 0.836. The number of nitrogens with one attached hydrogen (secondary N) is 1. The van der Waals surface area contributed by atoms with Crippen LogP contribution in [0.5, 0.6) is 0 Å². The average Bonchev–Trinajstić information content (AvgIpc) is 3.25. The SMILES string of the molecule is C=CC(=C)Nc1ccc2c(CCc3nnc4ccc(-c5ccccc5)nn34)ccnc2c1. The zero-order valence-electron chi connectivity index (χ0n) is 17.6. The molecule has 0 aliphatic carbocycles. The zero-order valence-corrected chi connectivity index (χ0v) is 17.6. The number of rotatable bonds is 7. The van der Waals surface area contributed by atoms with Gasteiger partial charge in [-0.05, 0) is 48.4 Å². The fraction of sp³-hybridized carbons (Fsp3) is 0.0769. The Bertz CT molecular complexity index is 1440. The van der Waals surface area contributed by atoms with Crippen LogP contribution in [0.4, 0.5) is 5.69 Å². The Balaban J connectivity index is 1.41. The van der Waals surface area contributed by atoms with Gasteiger partial charge in [0.2, 0.25) is 0 Å². The Labute approximate surface area is 186 Å². The molecule has 0 atom stereocenters. The topological polar surface area (TPSA) is 68.0 Å². The second-order valence-corrected chi connectivity index (χ2v) is 7.53. The maximum atomic E-state index is 4.78. The zero-order chi connectivity index (χ0) is 21.9. The minimum atomic E-state index is 0.721. The van der Waals surface area contributed by atoms with Gasteiger partial charge in [0.05, 0.1) is 11.2 Å². The summed E-state index contributed by atoms with van der Waals surface area (Å²) in [7, 11) is 0. The highest BCUT2D eigenvalue weighted by Crippen LogP contribution is 2.23. The van der Waals surface area contributed by atoms with Crippen LogP contribution in [0.3, 0.4) is 0 Å². The van der Waals surface area contributed by atoms with E-state index in [-0.39, 0.29) is 0 Å². The highest BCUT2D eigenvalue weighted by Gasteiger charge is 2.11. The molecule has 0 aliphatic heterocycles. The number of pyridine rings is 1. The van der Waals surface area contributed by atoms with Gasteiger partial charge >= 0.3 is 0 Å². The lowest BCUT2D eigenvalue weighted by atomic mass is 10.0. The number of fused-ring (bicyclic) bond motifs is 2. The van der Waals surface area contributed by atoms with Crippen molar-refractivity contribution in [1.29, 1.82) is 0 Å². The van der Waals surface area contributed by atoms with Crippen LogP contribution in [-0.2, 0) is 12.8 Å². The standard InChI is InChI=1S/C26H22N6/c1-3-18(2)28-21-10-11-22-19(15-16-27-24(22)17-21)9-13-25-29-30-26-14-12-23(31-32(25)26)20-7-5-4-6-8-20/h3-8,10-12,14-17,28H,1-2,9,13H2. The summed E-state index contributed by atoms with van der Waals surface area (Å²) >= 11 is 0. The monoisotopic (exact) mass is 418 g/mol. The van der Waals surface area contributed by atoms with Crippen molar-refractivity contribution < 1.29 is 0 Å². The Kier molecular flexibility index (Phi) is 5.17. The Morgan fingerprint density at radius 2 is 1.84 bits per heavy atom. The molecule has 0 bridgehead atoms. The van der Waals surface area contributed by atoms with E-state index < -0.39 is 0 Å². The predicted molar refractivity (Wildman–Crippen MR) is 128 cm³/mol. The smallest absolute Gasteiger partial charge is 0.177 e. The first-order valence-electron chi connectivity index (χ1n) is 10.4. The molecular weight excluding hydrogens is 396 g/mol. The molecule has 6 nitrogen and oxygen atoms in total. The van der Waals surface area contributed by atoms with Gasteiger partial charge in [-0.15, -0.1) is 10.2 Å². The molecule has 5 rings (SSSR count). The first-order chi connectivity index (χ1) is 15.7. The van der Waals surface area contributed by atoms with E-state index >= 15 is 0 Å². The van der Waals surface area contributed by atoms with Crippen LogP contribution in [0.15, 0.2) is 97.9 Å². The molecule has 0 spiro atoms. The Morgan fingerprint density at radius 3 is 2.69 bits per heavy atom. The number of aryl methyl sites for hydroxylation is 2. The van der Waals surface area contributed by atoms with Crippen molar-refractivity contribution in [2.45, 2.75) is 12.8 Å². The van der Waals surface area contributed by atoms with Crippen molar-refractivity contribution in [3.05, 3.63) is 109 Å². The van der Waals surface area contributed by atoms with E-state index in [1.54, 1.807) is 6.08 Å². The van der Waals surface area contributed by atoms with E-state index in [9.17, 15) is 0 Å². The average molecular weight is 419 g/mol. The van der Waals surface area contributed by atoms with Crippen LogP contribution in [0.25, 0.3) is 27.8 Å². The van der Waals surface area contributed by atoms with Crippen LogP contribution in [-0.4, -0.2) is 24.8 Å². The second kappa shape index (κ2) is 8.43. The molecule has 3 heterocycles. The normalized spacial score (nSPS) is 11.0. The van der Waals surface area contributed by atoms with E-state index in [0.29, 0.717) is 0 Å². The highest BCUT2D eigenvalue weighted by molar-refractivity contribution is 5.85. The number of aromatic nitrogens is 5. The van der Waals surface area contributed by atoms with Gasteiger partial charge in [0.1, 0.15) is 0 Å². The number of benzene rings is 2. The van der Waals surface area contributed by atoms with E-state index in [2.05, 4.69) is 57.9 Å². The molecule has 0 radical (unpaired) electrons.